The van der Waals surface area contributed by atoms with Gasteiger partial charge in [0.15, 0.2) is 50.3 Å². The molecule has 44 heteroatoms. The molecule has 8 saturated heterocycles. The van der Waals surface area contributed by atoms with Crippen molar-refractivity contribution in [3.8, 4) is 0 Å². The van der Waals surface area contributed by atoms with E-state index in [1.54, 1.807) is 6.08 Å². The molecule has 42 atom stereocenters. The molecule has 8 fully saturated rings. The number of nitrogens with one attached hydrogen (secondary N) is 3. The lowest BCUT2D eigenvalue weighted by Crippen LogP contribution is -2.72. The Labute approximate surface area is 757 Å². The molecule has 16 unspecified atom stereocenters. The maximum Gasteiger partial charge on any atom is 0.220 e. The van der Waals surface area contributed by atoms with Crippen LogP contribution in [-0.2, 0) is 90.2 Å². The van der Waals surface area contributed by atoms with Crippen LogP contribution in [0.1, 0.15) is 208 Å². The van der Waals surface area contributed by atoms with Gasteiger partial charge in [-0.15, -0.1) is 0 Å². The SMILES string of the molecule is CCCCCCCCCCCCC/C=C/[C@@H](O)[C@H](CO[C@@H]1OC(CO)[C@@H](O[C@@H]2OC(CO)[C@H](O)[C@H](O[C@@H]3OC(CO)[C@@H](O[C@@H]4OC(CO)[C@H](O)[C@H](O[C@@H]5OC(CO)[C@@H](O[C@@H]6OC(CO)[C@H](O)[C@H](O)C6O[C@H]6OC(C)[C@@H](O)C(O)[C@@H]6O)[C@H](O[C@H]6OC(C)[C@@H](O)C(O)[C@@H]6O)C5NC(C)=O)C4O)[C@H](O)C3NC(C)=O)C2O)[C@H](O)C1O)NC(=O)CCCCCCCCCCCCCCC. The Morgan fingerprint density at radius 2 is 0.646 bits per heavy atom. The minimum Gasteiger partial charge on any atom is -0.394 e. The normalized spacial score (nSPS) is 40.9. The molecule has 0 aromatic heterocycles. The lowest BCUT2D eigenvalue weighted by Gasteiger charge is -2.52. The monoisotopic (exact) mass is 1880 g/mol. The number of hydrogen-bond acceptors (Lipinski definition) is 41. The van der Waals surface area contributed by atoms with Crippen LogP contribution in [-0.4, -0.2) is 434 Å². The standard InChI is InChI=1S/C86H153N3O41/c1-7-9-11-13-15-17-19-21-23-25-27-29-31-33-47(98)46(89-54(99)34-32-30-28-26-24-22-20-18-16-14-12-10-8-2)41-115-81-69(112)66(109)73(52(39-94)123-81)125-85-70(113)76(60(103)49(36-91)119-85)128-79-55(87-44(5)96)62(105)72(51(38-93)121-79)124-84-71(114)77(61(104)50(37-92)118-84)129-80-56(88-45(6)97)75(127-82-67(110)63(106)57(100)42(3)116-82)74(53(40-95)122-80)126-86-78(65(108)59(102)48(35-90)120-86)130-83-68(111)64(107)58(101)43(4)117-83/h31,33,42-43,46-53,55-86,90-95,98,100-114H,7-30,32,34-41H2,1-6H3,(H,87,96)(H,88,97)(H,89,99)/b33-31+/t42?,43?,46-,47+,48?,49?,50?,51?,52?,53?,55?,56?,57+,58+,59-,60-,61-,62+,63?,64?,65-,66+,67-,68-,69?,70?,71?,72+,73+,74+,75+,76-,77-,78?,79-,80-,81+,82+,83+,84-,85-,86-/m0/s1. The first-order valence-electron chi connectivity index (χ1n) is 46.7. The molecule has 0 bridgehead atoms. The van der Waals surface area contributed by atoms with Gasteiger partial charge >= 0.3 is 0 Å². The van der Waals surface area contributed by atoms with E-state index in [-0.39, 0.29) is 12.3 Å². The van der Waals surface area contributed by atoms with E-state index in [4.69, 9.17) is 75.8 Å². The molecule has 8 heterocycles. The van der Waals surface area contributed by atoms with Crippen LogP contribution in [0.5, 0.6) is 0 Å². The number of allylic oxidation sites excluding steroid dienone is 1. The number of rotatable bonds is 54. The number of aliphatic hydroxyl groups excluding tert-OH is 22. The van der Waals surface area contributed by atoms with Gasteiger partial charge in [0.2, 0.25) is 17.7 Å². The zero-order chi connectivity index (χ0) is 95.2. The van der Waals surface area contributed by atoms with Gasteiger partial charge in [0.1, 0.15) is 183 Å². The summed E-state index contributed by atoms with van der Waals surface area (Å²) in [5.41, 5.74) is 0. The van der Waals surface area contributed by atoms with Gasteiger partial charge in [-0.1, -0.05) is 167 Å². The van der Waals surface area contributed by atoms with Crippen LogP contribution in [0.25, 0.3) is 0 Å². The largest absolute Gasteiger partial charge is 0.394 e. The van der Waals surface area contributed by atoms with Crippen LogP contribution in [0.4, 0.5) is 0 Å². The van der Waals surface area contributed by atoms with E-state index < -0.39 is 316 Å². The van der Waals surface area contributed by atoms with Gasteiger partial charge in [0, 0.05) is 20.3 Å². The van der Waals surface area contributed by atoms with Gasteiger partial charge in [-0.25, -0.2) is 0 Å². The van der Waals surface area contributed by atoms with Crippen molar-refractivity contribution in [2.75, 3.05) is 46.2 Å². The molecule has 0 aliphatic carbocycles. The van der Waals surface area contributed by atoms with Crippen molar-refractivity contribution in [1.82, 2.24) is 16.0 Å². The first kappa shape index (κ1) is 112. The Morgan fingerprint density at radius 1 is 0.315 bits per heavy atom. The van der Waals surface area contributed by atoms with Crippen LogP contribution in [0.15, 0.2) is 12.2 Å². The molecule has 44 nitrogen and oxygen atoms in total. The smallest absolute Gasteiger partial charge is 0.220 e. The third-order valence-corrected chi connectivity index (χ3v) is 25.4. The fraction of sp³-hybridized carbons (Fsp3) is 0.942. The summed E-state index contributed by atoms with van der Waals surface area (Å²) in [7, 11) is 0. The highest BCUT2D eigenvalue weighted by molar-refractivity contribution is 5.76. The fourth-order valence-corrected chi connectivity index (χ4v) is 17.6. The molecule has 0 aromatic carbocycles. The quantitative estimate of drug-likeness (QED) is 0.0200. The van der Waals surface area contributed by atoms with E-state index in [0.29, 0.717) is 12.8 Å². The van der Waals surface area contributed by atoms with Crippen molar-refractivity contribution in [3.63, 3.8) is 0 Å². The fourth-order valence-electron chi connectivity index (χ4n) is 17.6. The molecule has 0 aromatic rings. The lowest BCUT2D eigenvalue weighted by molar-refractivity contribution is -0.401. The first-order valence-corrected chi connectivity index (χ1v) is 46.7. The Bertz CT molecular complexity index is 3190. The van der Waals surface area contributed by atoms with Gasteiger partial charge in [-0.2, -0.15) is 0 Å². The first-order chi connectivity index (χ1) is 62.2. The predicted molar refractivity (Wildman–Crippen MR) is 447 cm³/mol. The number of carbonyl (C=O) groups is 3. The second-order valence-corrected chi connectivity index (χ2v) is 35.5. The van der Waals surface area contributed by atoms with Crippen LogP contribution in [0.3, 0.4) is 0 Å². The molecular formula is C86H153N3O41. The summed E-state index contributed by atoms with van der Waals surface area (Å²) in [5.74, 6) is -2.24. The van der Waals surface area contributed by atoms with Crippen LogP contribution in [0.2, 0.25) is 0 Å². The topological polar surface area (TPSA) is 680 Å². The molecule has 3 amide bonds. The maximum atomic E-state index is 13.6. The Hall–Kier alpha value is -3.37. The van der Waals surface area contributed by atoms with Crippen molar-refractivity contribution >= 4 is 17.7 Å². The zero-order valence-electron chi connectivity index (χ0n) is 75.3. The van der Waals surface area contributed by atoms with Crippen molar-refractivity contribution in [1.29, 1.82) is 0 Å². The van der Waals surface area contributed by atoms with Gasteiger partial charge in [-0.3, -0.25) is 14.4 Å². The van der Waals surface area contributed by atoms with E-state index in [2.05, 4.69) is 29.8 Å². The summed E-state index contributed by atoms with van der Waals surface area (Å²) in [4.78, 5) is 40.2. The molecule has 8 rings (SSSR count). The summed E-state index contributed by atoms with van der Waals surface area (Å²) in [6, 6.07) is -4.99. The van der Waals surface area contributed by atoms with Crippen LogP contribution in [0, 0.1) is 0 Å². The van der Waals surface area contributed by atoms with E-state index in [1.165, 1.54) is 104 Å². The molecule has 0 radical (unpaired) electrons. The minimum atomic E-state index is -2.40. The lowest BCUT2D eigenvalue weighted by atomic mass is 9.93. The Balaban J connectivity index is 0.958. The molecule has 130 heavy (non-hydrogen) atoms. The summed E-state index contributed by atoms with van der Waals surface area (Å²) in [5, 5.41) is 257. The number of carbonyl (C=O) groups excluding carboxylic acids is 3. The molecule has 0 spiro atoms. The zero-order valence-corrected chi connectivity index (χ0v) is 75.3. The number of hydrogen-bond donors (Lipinski definition) is 25. The minimum absolute atomic E-state index is 0.154. The van der Waals surface area contributed by atoms with Gasteiger partial charge in [0.25, 0.3) is 0 Å². The Morgan fingerprint density at radius 3 is 1.09 bits per heavy atom. The number of aliphatic hydroxyl groups is 22. The summed E-state index contributed by atoms with van der Waals surface area (Å²) >= 11 is 0. The molecule has 758 valence electrons. The maximum absolute atomic E-state index is 13.6. The number of unbranched alkanes of at least 4 members (excludes halogenated alkanes) is 23. The number of amides is 3. The molecule has 25 N–H and O–H groups in total. The van der Waals surface area contributed by atoms with E-state index in [0.717, 1.165) is 71.6 Å². The van der Waals surface area contributed by atoms with Crippen molar-refractivity contribution in [2.24, 2.45) is 0 Å². The van der Waals surface area contributed by atoms with Crippen LogP contribution >= 0.6 is 0 Å². The summed E-state index contributed by atoms with van der Waals surface area (Å²) in [6.45, 7) is 1.90. The van der Waals surface area contributed by atoms with Crippen molar-refractivity contribution in [3.05, 3.63) is 12.2 Å². The van der Waals surface area contributed by atoms with Gasteiger partial charge in [-0.05, 0) is 33.1 Å². The highest BCUT2D eigenvalue weighted by atomic mass is 16.8. The van der Waals surface area contributed by atoms with E-state index >= 15 is 0 Å². The number of ether oxygens (including phenoxy) is 16. The second kappa shape index (κ2) is 56.6. The van der Waals surface area contributed by atoms with Gasteiger partial charge < -0.3 is 204 Å². The van der Waals surface area contributed by atoms with E-state index in [9.17, 15) is 127 Å². The highest BCUT2D eigenvalue weighted by Gasteiger charge is 2.61. The molecule has 8 aliphatic heterocycles. The molecule has 0 saturated carbocycles. The third-order valence-electron chi connectivity index (χ3n) is 25.4. The van der Waals surface area contributed by atoms with Crippen LogP contribution < -0.4 is 16.0 Å². The predicted octanol–water partition coefficient (Wildman–Crippen LogP) is -5.50. The third kappa shape index (κ3) is 31.1. The van der Waals surface area contributed by atoms with Crippen molar-refractivity contribution < 1.29 is 203 Å². The second-order valence-electron chi connectivity index (χ2n) is 35.5. The molecular weight excluding hydrogens is 1730 g/mol. The summed E-state index contributed by atoms with van der Waals surface area (Å²) < 4.78 is 96.6. The van der Waals surface area contributed by atoms with E-state index in [1.807, 2.05) is 6.08 Å². The van der Waals surface area contributed by atoms with Crippen molar-refractivity contribution in [2.45, 2.75) is 466 Å². The van der Waals surface area contributed by atoms with Gasteiger partial charge in [0.05, 0.1) is 70.6 Å². The average molecular weight is 1890 g/mol. The Kier molecular flexibility index (Phi) is 48.8. The summed E-state index contributed by atoms with van der Waals surface area (Å²) in [6.07, 6.45) is -45.2. The average Bonchev–Trinajstić information content (AvgIpc) is 0.755. The molecule has 8 aliphatic rings. The highest BCUT2D eigenvalue weighted by Crippen LogP contribution is 2.41.